The van der Waals surface area contributed by atoms with Crippen LogP contribution in [0.3, 0.4) is 0 Å². The number of fused-ring (bicyclic) bond motifs is 2. The summed E-state index contributed by atoms with van der Waals surface area (Å²) >= 11 is 0. The Kier molecular flexibility index (Phi) is 5.22. The maximum Gasteiger partial charge on any atom is 0.254 e. The topological polar surface area (TPSA) is 105 Å². The van der Waals surface area contributed by atoms with E-state index >= 15 is 0 Å². The number of rotatable bonds is 5. The van der Waals surface area contributed by atoms with E-state index in [-0.39, 0.29) is 36.6 Å². The second-order valence-corrected chi connectivity index (χ2v) is 7.41. The van der Waals surface area contributed by atoms with E-state index in [1.54, 1.807) is 24.3 Å². The molecule has 154 valence electrons. The van der Waals surface area contributed by atoms with E-state index in [9.17, 15) is 14.4 Å². The molecule has 0 spiro atoms. The fourth-order valence-electron chi connectivity index (χ4n) is 3.72. The van der Waals surface area contributed by atoms with Crippen LogP contribution in [0.5, 0.6) is 0 Å². The van der Waals surface area contributed by atoms with Crippen LogP contribution in [0.4, 0.5) is 5.69 Å². The van der Waals surface area contributed by atoms with Crippen LogP contribution in [0.15, 0.2) is 48.5 Å². The fourth-order valence-corrected chi connectivity index (χ4v) is 3.72. The van der Waals surface area contributed by atoms with Crippen LogP contribution in [-0.2, 0) is 16.6 Å². The van der Waals surface area contributed by atoms with Crippen LogP contribution >= 0.6 is 0 Å². The SMILES string of the molecule is CC(NC(=O)CCC1NC(=O)c2ccccc2NC1=O)c1nc2ccccc2n1C. The summed E-state index contributed by atoms with van der Waals surface area (Å²) in [4.78, 5) is 41.9. The third-order valence-corrected chi connectivity index (χ3v) is 5.30. The summed E-state index contributed by atoms with van der Waals surface area (Å²) in [6, 6.07) is 13.5. The number of aromatic nitrogens is 2. The van der Waals surface area contributed by atoms with Gasteiger partial charge in [0.15, 0.2) is 0 Å². The van der Waals surface area contributed by atoms with Gasteiger partial charge in [-0.3, -0.25) is 14.4 Å². The molecule has 30 heavy (non-hydrogen) atoms. The second kappa shape index (κ2) is 7.98. The number of carbonyl (C=O) groups excluding carboxylic acids is 3. The number of imidazole rings is 1. The number of aryl methyl sites for hydroxylation is 1. The lowest BCUT2D eigenvalue weighted by Gasteiger charge is -2.16. The Morgan fingerprint density at radius 1 is 1.17 bits per heavy atom. The van der Waals surface area contributed by atoms with Crippen molar-refractivity contribution in [3.8, 4) is 0 Å². The van der Waals surface area contributed by atoms with Crippen molar-refractivity contribution in [2.24, 2.45) is 7.05 Å². The summed E-state index contributed by atoms with van der Waals surface area (Å²) in [7, 11) is 1.91. The van der Waals surface area contributed by atoms with Gasteiger partial charge in [0, 0.05) is 13.5 Å². The molecule has 0 aliphatic carbocycles. The van der Waals surface area contributed by atoms with Crippen LogP contribution in [0.2, 0.25) is 0 Å². The van der Waals surface area contributed by atoms with Gasteiger partial charge in [-0.2, -0.15) is 0 Å². The van der Waals surface area contributed by atoms with Crippen molar-refractivity contribution in [1.29, 1.82) is 0 Å². The summed E-state index contributed by atoms with van der Waals surface area (Å²) < 4.78 is 1.95. The molecule has 1 aliphatic rings. The lowest BCUT2D eigenvalue weighted by atomic mass is 10.1. The van der Waals surface area contributed by atoms with Gasteiger partial charge >= 0.3 is 0 Å². The molecule has 3 N–H and O–H groups in total. The zero-order valence-corrected chi connectivity index (χ0v) is 16.8. The van der Waals surface area contributed by atoms with Gasteiger partial charge in [0.05, 0.1) is 28.3 Å². The maximum absolute atomic E-state index is 12.5. The minimum atomic E-state index is -0.776. The third-order valence-electron chi connectivity index (χ3n) is 5.30. The molecule has 0 fully saturated rings. The van der Waals surface area contributed by atoms with E-state index in [0.29, 0.717) is 11.3 Å². The molecule has 0 radical (unpaired) electrons. The molecule has 1 aliphatic heterocycles. The van der Waals surface area contributed by atoms with Crippen molar-refractivity contribution in [2.75, 3.05) is 5.32 Å². The average molecular weight is 405 g/mol. The van der Waals surface area contributed by atoms with Gasteiger partial charge in [-0.1, -0.05) is 24.3 Å². The van der Waals surface area contributed by atoms with E-state index in [1.165, 1.54) is 0 Å². The number of nitrogens with zero attached hydrogens (tertiary/aromatic N) is 2. The highest BCUT2D eigenvalue weighted by Crippen LogP contribution is 2.21. The first kappa shape index (κ1) is 19.6. The van der Waals surface area contributed by atoms with Crippen LogP contribution in [0, 0.1) is 0 Å². The summed E-state index contributed by atoms with van der Waals surface area (Å²) in [5, 5.41) is 8.38. The summed E-state index contributed by atoms with van der Waals surface area (Å²) in [5.74, 6) is -0.120. The standard InChI is InChI=1S/C22H23N5O3/c1-13(20-24-16-9-5-6-10-18(16)27(20)2)23-19(28)12-11-17-22(30)25-15-8-4-3-7-14(15)21(29)26-17/h3-10,13,17H,11-12H2,1-2H3,(H,23,28)(H,25,30)(H,26,29). The molecule has 2 aromatic carbocycles. The minimum Gasteiger partial charge on any atom is -0.346 e. The molecule has 0 bridgehead atoms. The summed E-state index contributed by atoms with van der Waals surface area (Å²) in [6.45, 7) is 1.87. The molecule has 2 atom stereocenters. The first-order chi connectivity index (χ1) is 14.4. The monoisotopic (exact) mass is 405 g/mol. The first-order valence-corrected chi connectivity index (χ1v) is 9.85. The first-order valence-electron chi connectivity index (χ1n) is 9.85. The van der Waals surface area contributed by atoms with Crippen molar-refractivity contribution in [3.63, 3.8) is 0 Å². The molecule has 3 aromatic rings. The smallest absolute Gasteiger partial charge is 0.254 e. The van der Waals surface area contributed by atoms with Gasteiger partial charge < -0.3 is 20.5 Å². The van der Waals surface area contributed by atoms with Gasteiger partial charge in [0.25, 0.3) is 5.91 Å². The fraction of sp³-hybridized carbons (Fsp3) is 0.273. The van der Waals surface area contributed by atoms with Crippen molar-refractivity contribution >= 4 is 34.4 Å². The van der Waals surface area contributed by atoms with Crippen molar-refractivity contribution in [3.05, 3.63) is 59.9 Å². The molecule has 3 amide bonds. The Labute approximate surface area is 173 Å². The zero-order chi connectivity index (χ0) is 21.3. The van der Waals surface area contributed by atoms with Gasteiger partial charge in [-0.05, 0) is 37.6 Å². The number of nitrogens with one attached hydrogen (secondary N) is 3. The van der Waals surface area contributed by atoms with Crippen LogP contribution in [0.1, 0.15) is 42.0 Å². The van der Waals surface area contributed by atoms with Crippen LogP contribution in [0.25, 0.3) is 11.0 Å². The van der Waals surface area contributed by atoms with E-state index in [1.807, 2.05) is 42.8 Å². The number of anilines is 1. The van der Waals surface area contributed by atoms with Crippen molar-refractivity contribution in [1.82, 2.24) is 20.2 Å². The molecule has 4 rings (SSSR count). The highest BCUT2D eigenvalue weighted by atomic mass is 16.2. The van der Waals surface area contributed by atoms with Crippen LogP contribution < -0.4 is 16.0 Å². The zero-order valence-electron chi connectivity index (χ0n) is 16.8. The number of carbonyl (C=O) groups is 3. The normalized spacial score (nSPS) is 16.9. The number of hydrogen-bond acceptors (Lipinski definition) is 4. The molecule has 0 saturated heterocycles. The molecule has 0 saturated carbocycles. The van der Waals surface area contributed by atoms with Crippen molar-refractivity contribution in [2.45, 2.75) is 31.8 Å². The van der Waals surface area contributed by atoms with E-state index in [2.05, 4.69) is 20.9 Å². The Morgan fingerprint density at radius 2 is 1.90 bits per heavy atom. The Balaban J connectivity index is 1.38. The van der Waals surface area contributed by atoms with Crippen LogP contribution in [-0.4, -0.2) is 33.3 Å². The predicted octanol–water partition coefficient (Wildman–Crippen LogP) is 2.28. The average Bonchev–Trinajstić information content (AvgIpc) is 3.01. The quantitative estimate of drug-likeness (QED) is 0.606. The van der Waals surface area contributed by atoms with E-state index in [0.717, 1.165) is 16.9 Å². The van der Waals surface area contributed by atoms with Gasteiger partial charge in [0.1, 0.15) is 11.9 Å². The minimum absolute atomic E-state index is 0.100. The summed E-state index contributed by atoms with van der Waals surface area (Å²) in [6.07, 6.45) is 0.301. The second-order valence-electron chi connectivity index (χ2n) is 7.41. The molecule has 2 unspecified atom stereocenters. The number of amides is 3. The summed E-state index contributed by atoms with van der Waals surface area (Å²) in [5.41, 5.74) is 2.75. The maximum atomic E-state index is 12.5. The van der Waals surface area contributed by atoms with Crippen molar-refractivity contribution < 1.29 is 14.4 Å². The largest absolute Gasteiger partial charge is 0.346 e. The Hall–Kier alpha value is -3.68. The Morgan fingerprint density at radius 3 is 2.70 bits per heavy atom. The predicted molar refractivity (Wildman–Crippen MR) is 113 cm³/mol. The highest BCUT2D eigenvalue weighted by molar-refractivity contribution is 6.09. The molecular formula is C22H23N5O3. The highest BCUT2D eigenvalue weighted by Gasteiger charge is 2.28. The van der Waals surface area contributed by atoms with Gasteiger partial charge in [-0.15, -0.1) is 0 Å². The molecule has 8 heteroatoms. The van der Waals surface area contributed by atoms with Gasteiger partial charge in [-0.25, -0.2) is 4.98 Å². The third kappa shape index (κ3) is 3.76. The van der Waals surface area contributed by atoms with Gasteiger partial charge in [0.2, 0.25) is 11.8 Å². The lowest BCUT2D eigenvalue weighted by molar-refractivity contribution is -0.122. The molecule has 1 aromatic heterocycles. The lowest BCUT2D eigenvalue weighted by Crippen LogP contribution is -2.42. The van der Waals surface area contributed by atoms with E-state index in [4.69, 9.17) is 0 Å². The number of benzene rings is 2. The molecular weight excluding hydrogens is 382 g/mol. The molecule has 2 heterocycles. The number of hydrogen-bond donors (Lipinski definition) is 3. The van der Waals surface area contributed by atoms with E-state index < -0.39 is 6.04 Å². The Bertz CT molecular complexity index is 1140. The molecule has 8 nitrogen and oxygen atoms in total. The number of para-hydroxylation sites is 3.